The van der Waals surface area contributed by atoms with Crippen LogP contribution in [0, 0.1) is 0 Å². The normalized spacial score (nSPS) is 14.3. The van der Waals surface area contributed by atoms with E-state index in [2.05, 4.69) is 10.4 Å². The first-order chi connectivity index (χ1) is 15.6. The van der Waals surface area contributed by atoms with E-state index in [0.717, 1.165) is 10.2 Å². The Hall–Kier alpha value is -2.97. The molecule has 1 saturated carbocycles. The molecule has 3 aromatic rings. The number of hydrogen-bond acceptors (Lipinski definition) is 4. The van der Waals surface area contributed by atoms with Gasteiger partial charge in [-0.1, -0.05) is 47.5 Å². The Bertz CT molecular complexity index is 1240. The van der Waals surface area contributed by atoms with Crippen molar-refractivity contribution in [2.45, 2.75) is 31.7 Å². The van der Waals surface area contributed by atoms with Gasteiger partial charge < -0.3 is 10.1 Å². The number of alkyl halides is 2. The fraction of sp³-hybridized carbons (Fsp3) is 0.261. The van der Waals surface area contributed by atoms with Crippen LogP contribution >= 0.6 is 23.2 Å². The standard InChI is InChI=1S/C23H19Cl2F2N3O3/c1-12(31)13-3-5-14(6-4-13)23(9-10-23)28-21(32)18-19(20(26)27)29-30(2)22(18)33-15-7-8-16(24)17(25)11-15/h3-8,11,20H,9-10H2,1-2H3,(H,28,32). The van der Waals surface area contributed by atoms with Crippen molar-refractivity contribution in [1.82, 2.24) is 15.1 Å². The van der Waals surface area contributed by atoms with Gasteiger partial charge in [0.15, 0.2) is 5.78 Å². The van der Waals surface area contributed by atoms with E-state index in [4.69, 9.17) is 27.9 Å². The molecule has 0 bridgehead atoms. The van der Waals surface area contributed by atoms with Gasteiger partial charge in [-0.2, -0.15) is 5.10 Å². The molecule has 1 N–H and O–H groups in total. The van der Waals surface area contributed by atoms with Gasteiger partial charge in [0.1, 0.15) is 17.0 Å². The van der Waals surface area contributed by atoms with Gasteiger partial charge >= 0.3 is 0 Å². The van der Waals surface area contributed by atoms with Crippen LogP contribution in [0.1, 0.15) is 58.2 Å². The number of hydrogen-bond donors (Lipinski definition) is 1. The summed E-state index contributed by atoms with van der Waals surface area (Å²) >= 11 is 11.9. The maximum Gasteiger partial charge on any atom is 0.283 e. The Balaban J connectivity index is 1.66. The number of ketones is 1. The number of benzene rings is 2. The van der Waals surface area contributed by atoms with Crippen molar-refractivity contribution in [3.05, 3.63) is 74.9 Å². The molecular formula is C23H19Cl2F2N3O3. The smallest absolute Gasteiger partial charge is 0.283 e. The van der Waals surface area contributed by atoms with E-state index < -0.39 is 23.6 Å². The van der Waals surface area contributed by atoms with E-state index >= 15 is 0 Å². The van der Waals surface area contributed by atoms with Gasteiger partial charge in [-0.3, -0.25) is 9.59 Å². The van der Waals surface area contributed by atoms with Crippen molar-refractivity contribution in [3.8, 4) is 11.6 Å². The van der Waals surface area contributed by atoms with Gasteiger partial charge in [0.05, 0.1) is 15.6 Å². The number of Topliss-reactive ketones (excluding diaryl/α,β-unsaturated/α-hetero) is 1. The molecule has 1 aromatic heterocycles. The van der Waals surface area contributed by atoms with E-state index in [9.17, 15) is 18.4 Å². The molecule has 1 aliphatic rings. The summed E-state index contributed by atoms with van der Waals surface area (Å²) in [6.07, 6.45) is -1.73. The molecule has 1 amide bonds. The molecule has 0 unspecified atom stereocenters. The topological polar surface area (TPSA) is 73.2 Å². The second kappa shape index (κ2) is 8.76. The number of rotatable bonds is 7. The van der Waals surface area contributed by atoms with E-state index in [-0.39, 0.29) is 28.0 Å². The predicted octanol–water partition coefficient (Wildman–Crippen LogP) is 6.08. The second-order valence-electron chi connectivity index (χ2n) is 7.84. The first-order valence-electron chi connectivity index (χ1n) is 10.0. The van der Waals surface area contributed by atoms with Crippen molar-refractivity contribution in [2.75, 3.05) is 0 Å². The molecule has 1 fully saturated rings. The maximum absolute atomic E-state index is 13.7. The Morgan fingerprint density at radius 2 is 1.79 bits per heavy atom. The Labute approximate surface area is 198 Å². The number of carbonyl (C=O) groups excluding carboxylic acids is 2. The highest BCUT2D eigenvalue weighted by Crippen LogP contribution is 2.46. The molecule has 0 atom stereocenters. The summed E-state index contributed by atoms with van der Waals surface area (Å²) in [5, 5.41) is 7.18. The van der Waals surface area contributed by atoms with Crippen LogP contribution in [0.3, 0.4) is 0 Å². The third kappa shape index (κ3) is 4.58. The van der Waals surface area contributed by atoms with Crippen LogP contribution in [0.4, 0.5) is 8.78 Å². The highest BCUT2D eigenvalue weighted by atomic mass is 35.5. The van der Waals surface area contributed by atoms with Gasteiger partial charge in [0.25, 0.3) is 12.3 Å². The lowest BCUT2D eigenvalue weighted by atomic mass is 10.0. The Kier molecular flexibility index (Phi) is 6.16. The molecule has 2 aromatic carbocycles. The summed E-state index contributed by atoms with van der Waals surface area (Å²) in [7, 11) is 1.41. The number of nitrogens with one attached hydrogen (secondary N) is 1. The summed E-state index contributed by atoms with van der Waals surface area (Å²) in [6, 6.07) is 11.3. The third-order valence-electron chi connectivity index (χ3n) is 5.51. The van der Waals surface area contributed by atoms with Gasteiger partial charge in [-0.05, 0) is 37.5 Å². The number of aryl methyl sites for hydroxylation is 1. The largest absolute Gasteiger partial charge is 0.438 e. The quantitative estimate of drug-likeness (QED) is 0.404. The summed E-state index contributed by atoms with van der Waals surface area (Å²) in [6.45, 7) is 1.47. The van der Waals surface area contributed by atoms with E-state index in [1.54, 1.807) is 24.3 Å². The molecular weight excluding hydrogens is 475 g/mol. The molecule has 0 aliphatic heterocycles. The van der Waals surface area contributed by atoms with Crippen molar-refractivity contribution in [2.24, 2.45) is 7.05 Å². The second-order valence-corrected chi connectivity index (χ2v) is 8.65. The number of amides is 1. The summed E-state index contributed by atoms with van der Waals surface area (Å²) in [4.78, 5) is 24.8. The minimum Gasteiger partial charge on any atom is -0.438 e. The molecule has 0 saturated heterocycles. The van der Waals surface area contributed by atoms with Gasteiger partial charge in [-0.15, -0.1) is 0 Å². The van der Waals surface area contributed by atoms with Gasteiger partial charge in [0, 0.05) is 18.7 Å². The molecule has 10 heteroatoms. The van der Waals surface area contributed by atoms with E-state index in [1.165, 1.54) is 32.2 Å². The zero-order valence-electron chi connectivity index (χ0n) is 17.7. The molecule has 0 spiro atoms. The first-order valence-corrected chi connectivity index (χ1v) is 10.8. The lowest BCUT2D eigenvalue weighted by Gasteiger charge is -2.19. The van der Waals surface area contributed by atoms with Gasteiger partial charge in [-0.25, -0.2) is 13.5 Å². The predicted molar refractivity (Wildman–Crippen MR) is 120 cm³/mol. The minimum atomic E-state index is -2.99. The van der Waals surface area contributed by atoms with Crippen LogP contribution in [-0.4, -0.2) is 21.5 Å². The Morgan fingerprint density at radius 3 is 2.33 bits per heavy atom. The van der Waals surface area contributed by atoms with Crippen LogP contribution in [0.2, 0.25) is 10.0 Å². The summed E-state index contributed by atoms with van der Waals surface area (Å²) in [5.41, 5.74) is -0.415. The SMILES string of the molecule is CC(=O)c1ccc(C2(NC(=O)c3c(C(F)F)nn(C)c3Oc3ccc(Cl)c(Cl)c3)CC2)cc1. The van der Waals surface area contributed by atoms with Crippen molar-refractivity contribution >= 4 is 34.9 Å². The lowest BCUT2D eigenvalue weighted by molar-refractivity contribution is 0.0913. The average molecular weight is 494 g/mol. The molecule has 6 nitrogen and oxygen atoms in total. The summed E-state index contributed by atoms with van der Waals surface area (Å²) in [5.74, 6) is -0.745. The van der Waals surface area contributed by atoms with Crippen molar-refractivity contribution in [1.29, 1.82) is 0 Å². The highest BCUT2D eigenvalue weighted by molar-refractivity contribution is 6.42. The van der Waals surface area contributed by atoms with Crippen LogP contribution < -0.4 is 10.1 Å². The zero-order chi connectivity index (χ0) is 23.9. The van der Waals surface area contributed by atoms with Crippen LogP contribution in [0.25, 0.3) is 0 Å². The molecule has 1 aliphatic carbocycles. The van der Waals surface area contributed by atoms with Crippen molar-refractivity contribution < 1.29 is 23.1 Å². The number of ether oxygens (including phenoxy) is 1. The lowest BCUT2D eigenvalue weighted by Crippen LogP contribution is -2.35. The van der Waals surface area contributed by atoms with E-state index in [0.29, 0.717) is 23.4 Å². The zero-order valence-corrected chi connectivity index (χ0v) is 19.2. The number of carbonyl (C=O) groups is 2. The number of nitrogens with zero attached hydrogens (tertiary/aromatic N) is 2. The maximum atomic E-state index is 13.7. The monoisotopic (exact) mass is 493 g/mol. The molecule has 172 valence electrons. The molecule has 4 rings (SSSR count). The molecule has 33 heavy (non-hydrogen) atoms. The third-order valence-corrected chi connectivity index (χ3v) is 6.25. The average Bonchev–Trinajstić information content (AvgIpc) is 3.47. The molecule has 0 radical (unpaired) electrons. The Morgan fingerprint density at radius 1 is 1.12 bits per heavy atom. The fourth-order valence-corrected chi connectivity index (χ4v) is 3.87. The van der Waals surface area contributed by atoms with Crippen LogP contribution in [0.15, 0.2) is 42.5 Å². The number of halogens is 4. The summed E-state index contributed by atoms with van der Waals surface area (Å²) < 4.78 is 34.3. The van der Waals surface area contributed by atoms with Crippen LogP contribution in [-0.2, 0) is 12.6 Å². The van der Waals surface area contributed by atoms with Crippen molar-refractivity contribution in [3.63, 3.8) is 0 Å². The fourth-order valence-electron chi connectivity index (χ4n) is 3.58. The highest BCUT2D eigenvalue weighted by Gasteiger charge is 2.47. The van der Waals surface area contributed by atoms with Gasteiger partial charge in [0.2, 0.25) is 5.88 Å². The van der Waals surface area contributed by atoms with Crippen LogP contribution in [0.5, 0.6) is 11.6 Å². The van der Waals surface area contributed by atoms with E-state index in [1.807, 2.05) is 0 Å². The number of aromatic nitrogens is 2. The first kappa shape index (κ1) is 23.2. The minimum absolute atomic E-state index is 0.0727. The molecule has 1 heterocycles.